The van der Waals surface area contributed by atoms with Crippen LogP contribution in [0.3, 0.4) is 0 Å². The largest absolute Gasteiger partial charge is 0.342 e. The average molecular weight is 234 g/mol. The number of rotatable bonds is 2. The molecule has 3 rings (SSSR count). The maximum Gasteiger partial charge on any atom is 0.159 e. The van der Waals surface area contributed by atoms with Gasteiger partial charge < -0.3 is 4.98 Å². The number of aromatic amines is 1. The number of aromatic nitrogens is 2. The third-order valence-corrected chi connectivity index (χ3v) is 3.14. The normalized spacial score (nSPS) is 15.2. The highest BCUT2D eigenvalue weighted by Crippen LogP contribution is 2.39. The van der Waals surface area contributed by atoms with Gasteiger partial charge in [0.2, 0.25) is 0 Å². The van der Waals surface area contributed by atoms with Gasteiger partial charge in [-0.05, 0) is 37.5 Å². The van der Waals surface area contributed by atoms with Crippen molar-refractivity contribution < 1.29 is 8.78 Å². The van der Waals surface area contributed by atoms with E-state index in [1.807, 2.05) is 0 Å². The van der Waals surface area contributed by atoms with Crippen LogP contribution in [0.4, 0.5) is 8.78 Å². The molecule has 1 fully saturated rings. The lowest BCUT2D eigenvalue weighted by Crippen LogP contribution is -1.92. The van der Waals surface area contributed by atoms with Gasteiger partial charge in [-0.3, -0.25) is 0 Å². The Hall–Kier alpha value is -1.71. The summed E-state index contributed by atoms with van der Waals surface area (Å²) in [7, 11) is 0. The van der Waals surface area contributed by atoms with E-state index >= 15 is 0 Å². The van der Waals surface area contributed by atoms with Gasteiger partial charge in [0.15, 0.2) is 11.6 Å². The van der Waals surface area contributed by atoms with Gasteiger partial charge in [-0.2, -0.15) is 0 Å². The zero-order chi connectivity index (χ0) is 12.0. The lowest BCUT2D eigenvalue weighted by atomic mass is 10.1. The minimum atomic E-state index is -0.838. The summed E-state index contributed by atoms with van der Waals surface area (Å²) in [6.45, 7) is 1.75. The molecule has 0 bridgehead atoms. The lowest BCUT2D eigenvalue weighted by Gasteiger charge is -2.03. The molecular weight excluding hydrogens is 222 g/mol. The fraction of sp³-hybridized carbons (Fsp3) is 0.308. The molecule has 1 aromatic carbocycles. The van der Waals surface area contributed by atoms with Crippen molar-refractivity contribution in [3.05, 3.63) is 41.2 Å². The van der Waals surface area contributed by atoms with Gasteiger partial charge in [0.1, 0.15) is 5.82 Å². The zero-order valence-electron chi connectivity index (χ0n) is 9.43. The third kappa shape index (κ3) is 1.84. The first-order valence-corrected chi connectivity index (χ1v) is 5.66. The van der Waals surface area contributed by atoms with Crippen LogP contribution in [0.5, 0.6) is 0 Å². The predicted octanol–water partition coefficient (Wildman–Crippen LogP) is 3.54. The molecule has 4 heteroatoms. The molecule has 1 aliphatic rings. The van der Waals surface area contributed by atoms with Crippen LogP contribution in [-0.2, 0) is 0 Å². The van der Waals surface area contributed by atoms with E-state index in [2.05, 4.69) is 9.97 Å². The van der Waals surface area contributed by atoms with Crippen LogP contribution in [0.15, 0.2) is 18.3 Å². The van der Waals surface area contributed by atoms with Crippen LogP contribution in [0, 0.1) is 18.6 Å². The summed E-state index contributed by atoms with van der Waals surface area (Å²) in [6.07, 6.45) is 4.14. The molecule has 1 N–H and O–H groups in total. The van der Waals surface area contributed by atoms with Crippen LogP contribution in [-0.4, -0.2) is 9.97 Å². The van der Waals surface area contributed by atoms with Crippen LogP contribution in [0.2, 0.25) is 0 Å². The van der Waals surface area contributed by atoms with Crippen molar-refractivity contribution in [3.8, 4) is 11.4 Å². The molecule has 1 heterocycles. The maximum absolute atomic E-state index is 13.2. The van der Waals surface area contributed by atoms with Crippen molar-refractivity contribution in [2.24, 2.45) is 0 Å². The highest BCUT2D eigenvalue weighted by Gasteiger charge is 2.25. The second kappa shape index (κ2) is 3.65. The number of nitrogens with zero attached hydrogens (tertiary/aromatic N) is 1. The topological polar surface area (TPSA) is 28.7 Å². The molecule has 0 unspecified atom stereocenters. The molecular formula is C13H12F2N2. The van der Waals surface area contributed by atoms with E-state index in [1.54, 1.807) is 13.1 Å². The minimum Gasteiger partial charge on any atom is -0.342 e. The Kier molecular flexibility index (Phi) is 2.24. The molecule has 0 amide bonds. The maximum atomic E-state index is 13.2. The fourth-order valence-electron chi connectivity index (χ4n) is 1.98. The monoisotopic (exact) mass is 234 g/mol. The molecule has 0 saturated heterocycles. The van der Waals surface area contributed by atoms with E-state index in [1.165, 1.54) is 25.0 Å². The van der Waals surface area contributed by atoms with Gasteiger partial charge in [0, 0.05) is 23.4 Å². The van der Waals surface area contributed by atoms with E-state index in [-0.39, 0.29) is 0 Å². The molecule has 1 saturated carbocycles. The molecule has 1 aliphatic carbocycles. The van der Waals surface area contributed by atoms with Gasteiger partial charge >= 0.3 is 0 Å². The number of nitrogens with one attached hydrogen (secondary N) is 1. The van der Waals surface area contributed by atoms with E-state index in [4.69, 9.17) is 0 Å². The Balaban J connectivity index is 2.04. The Morgan fingerprint density at radius 2 is 1.94 bits per heavy atom. The minimum absolute atomic E-state index is 0.571. The summed E-state index contributed by atoms with van der Waals surface area (Å²) in [6, 6.07) is 2.39. The summed E-state index contributed by atoms with van der Waals surface area (Å²) in [5, 5.41) is 0. The number of aryl methyl sites for hydroxylation is 1. The van der Waals surface area contributed by atoms with Crippen molar-refractivity contribution in [2.45, 2.75) is 25.7 Å². The summed E-state index contributed by atoms with van der Waals surface area (Å²) in [4.78, 5) is 7.41. The van der Waals surface area contributed by atoms with Crippen LogP contribution in [0.25, 0.3) is 11.4 Å². The van der Waals surface area contributed by atoms with Gasteiger partial charge in [0.25, 0.3) is 0 Å². The first kappa shape index (κ1) is 10.4. The smallest absolute Gasteiger partial charge is 0.159 e. The van der Waals surface area contributed by atoms with E-state index < -0.39 is 11.6 Å². The van der Waals surface area contributed by atoms with E-state index in [0.29, 0.717) is 22.9 Å². The Bertz CT molecular complexity index is 571. The second-order valence-corrected chi connectivity index (χ2v) is 4.54. The predicted molar refractivity (Wildman–Crippen MR) is 60.7 cm³/mol. The Morgan fingerprint density at radius 1 is 1.24 bits per heavy atom. The fourth-order valence-corrected chi connectivity index (χ4v) is 1.98. The van der Waals surface area contributed by atoms with Crippen molar-refractivity contribution in [3.63, 3.8) is 0 Å². The number of hydrogen-bond donors (Lipinski definition) is 1. The van der Waals surface area contributed by atoms with E-state index in [0.717, 1.165) is 5.69 Å². The summed E-state index contributed by atoms with van der Waals surface area (Å²) < 4.78 is 26.2. The molecule has 0 radical (unpaired) electrons. The van der Waals surface area contributed by atoms with Crippen LogP contribution in [0.1, 0.15) is 30.0 Å². The first-order chi connectivity index (χ1) is 8.15. The summed E-state index contributed by atoms with van der Waals surface area (Å²) >= 11 is 0. The Labute approximate surface area is 97.7 Å². The van der Waals surface area contributed by atoms with Crippen molar-refractivity contribution in [1.82, 2.24) is 9.97 Å². The second-order valence-electron chi connectivity index (χ2n) is 4.54. The van der Waals surface area contributed by atoms with Crippen LogP contribution >= 0.6 is 0 Å². The van der Waals surface area contributed by atoms with Gasteiger partial charge in [-0.15, -0.1) is 0 Å². The molecule has 2 nitrogen and oxygen atoms in total. The average Bonchev–Trinajstić information content (AvgIpc) is 3.03. The summed E-state index contributed by atoms with van der Waals surface area (Å²) in [5.41, 5.74) is 2.39. The highest BCUT2D eigenvalue weighted by molar-refractivity contribution is 5.60. The van der Waals surface area contributed by atoms with Crippen LogP contribution < -0.4 is 0 Å². The van der Waals surface area contributed by atoms with E-state index in [9.17, 15) is 8.78 Å². The third-order valence-electron chi connectivity index (χ3n) is 3.14. The number of H-pyrrole nitrogens is 1. The zero-order valence-corrected chi connectivity index (χ0v) is 9.43. The highest BCUT2D eigenvalue weighted by atomic mass is 19.2. The van der Waals surface area contributed by atoms with Gasteiger partial charge in [-0.1, -0.05) is 0 Å². The quantitative estimate of drug-likeness (QED) is 0.845. The molecule has 2 aromatic rings. The molecule has 1 aromatic heterocycles. The number of hydrogen-bond acceptors (Lipinski definition) is 1. The number of imidazole rings is 1. The van der Waals surface area contributed by atoms with Crippen molar-refractivity contribution >= 4 is 0 Å². The van der Waals surface area contributed by atoms with Crippen molar-refractivity contribution in [2.75, 3.05) is 0 Å². The summed E-state index contributed by atoms with van der Waals surface area (Å²) in [5.74, 6) is -0.472. The molecule has 17 heavy (non-hydrogen) atoms. The standard InChI is InChI=1S/C13H12F2N2/c1-7-4-10(14)11(15)5-9(7)13-16-6-12(17-13)8-2-3-8/h4-6,8H,2-3H2,1H3,(H,16,17). The molecule has 0 atom stereocenters. The number of halogens is 2. The van der Waals surface area contributed by atoms with Gasteiger partial charge in [0.05, 0.1) is 0 Å². The van der Waals surface area contributed by atoms with Gasteiger partial charge in [-0.25, -0.2) is 13.8 Å². The molecule has 0 spiro atoms. The Morgan fingerprint density at radius 3 is 2.65 bits per heavy atom. The number of benzene rings is 1. The van der Waals surface area contributed by atoms with Crippen molar-refractivity contribution in [1.29, 1.82) is 0 Å². The SMILES string of the molecule is Cc1cc(F)c(F)cc1-c1ncc(C2CC2)[nH]1. The molecule has 0 aliphatic heterocycles. The lowest BCUT2D eigenvalue weighted by molar-refractivity contribution is 0.508. The first-order valence-electron chi connectivity index (χ1n) is 5.66. The molecule has 88 valence electrons.